The summed E-state index contributed by atoms with van der Waals surface area (Å²) in [5.41, 5.74) is 0.331. The summed E-state index contributed by atoms with van der Waals surface area (Å²) in [5, 5.41) is 0. The third-order valence-corrected chi connectivity index (χ3v) is 1.17. The predicted octanol–water partition coefficient (Wildman–Crippen LogP) is 2.35. The minimum Gasteiger partial charge on any atom is -0.444 e. The van der Waals surface area contributed by atoms with Crippen LogP contribution < -0.4 is 0 Å². The topological polar surface area (TPSA) is 26.0 Å². The summed E-state index contributed by atoms with van der Waals surface area (Å²) in [6.07, 6.45) is -1.54. The molecule has 10 heavy (non-hydrogen) atoms. The Hall–Kier alpha value is -0.640. The zero-order chi connectivity index (χ0) is 7.56. The van der Waals surface area contributed by atoms with Crippen molar-refractivity contribution in [2.45, 2.75) is 12.3 Å². The maximum absolute atomic E-state index is 11.7. The van der Waals surface area contributed by atoms with Crippen LogP contribution in [0.5, 0.6) is 0 Å². The van der Waals surface area contributed by atoms with E-state index in [4.69, 9.17) is 11.6 Å². The number of halogens is 3. The fraction of sp³-hybridized carbons (Fsp3) is 0.400. The van der Waals surface area contributed by atoms with E-state index in [2.05, 4.69) is 9.40 Å². The van der Waals surface area contributed by atoms with Gasteiger partial charge < -0.3 is 4.42 Å². The zero-order valence-corrected chi connectivity index (χ0v) is 5.61. The van der Waals surface area contributed by atoms with Crippen LogP contribution in [-0.2, 0) is 5.88 Å². The van der Waals surface area contributed by atoms with Crippen LogP contribution in [0.2, 0.25) is 0 Å². The SMILES string of the molecule is FC(F)c1nc(CCl)co1. The molecule has 0 fully saturated rings. The highest BCUT2D eigenvalue weighted by Gasteiger charge is 2.13. The minimum absolute atomic E-state index is 0.0935. The molecule has 0 aliphatic heterocycles. The van der Waals surface area contributed by atoms with Crippen molar-refractivity contribution >= 4 is 11.6 Å². The average Bonchev–Trinajstić information content (AvgIpc) is 2.34. The lowest BCUT2D eigenvalue weighted by molar-refractivity contribution is 0.115. The Morgan fingerprint density at radius 1 is 1.70 bits per heavy atom. The number of hydrogen-bond donors (Lipinski definition) is 0. The molecule has 0 radical (unpaired) electrons. The summed E-state index contributed by atoms with van der Waals surface area (Å²) in [6, 6.07) is 0. The normalized spacial score (nSPS) is 10.8. The van der Waals surface area contributed by atoms with Gasteiger partial charge in [-0.15, -0.1) is 11.6 Å². The molecule has 1 rings (SSSR count). The molecule has 1 aromatic heterocycles. The van der Waals surface area contributed by atoms with Crippen LogP contribution >= 0.6 is 11.6 Å². The molecule has 0 aromatic carbocycles. The number of rotatable bonds is 2. The molecule has 1 heterocycles. The molecule has 0 aliphatic rings. The molecule has 0 atom stereocenters. The van der Waals surface area contributed by atoms with Gasteiger partial charge in [0.2, 0.25) is 0 Å². The summed E-state index contributed by atoms with van der Waals surface area (Å²) in [4.78, 5) is 3.38. The summed E-state index contributed by atoms with van der Waals surface area (Å²) >= 11 is 5.28. The maximum Gasteiger partial charge on any atom is 0.313 e. The Labute approximate surface area is 60.8 Å². The lowest BCUT2D eigenvalue weighted by atomic mass is 10.6. The molecular formula is C5H4ClF2NO. The van der Waals surface area contributed by atoms with E-state index < -0.39 is 12.3 Å². The van der Waals surface area contributed by atoms with Gasteiger partial charge in [-0.1, -0.05) is 0 Å². The lowest BCUT2D eigenvalue weighted by Crippen LogP contribution is -1.83. The molecule has 0 amide bonds. The van der Waals surface area contributed by atoms with Crippen LogP contribution in [0.4, 0.5) is 8.78 Å². The molecule has 0 spiro atoms. The number of alkyl halides is 3. The third-order valence-electron chi connectivity index (χ3n) is 0.893. The van der Waals surface area contributed by atoms with Crippen LogP contribution in [0.15, 0.2) is 10.7 Å². The zero-order valence-electron chi connectivity index (χ0n) is 4.85. The predicted molar refractivity (Wildman–Crippen MR) is 31.0 cm³/mol. The molecule has 56 valence electrons. The van der Waals surface area contributed by atoms with Crippen molar-refractivity contribution in [3.63, 3.8) is 0 Å². The van der Waals surface area contributed by atoms with Crippen LogP contribution in [0.25, 0.3) is 0 Å². The molecule has 1 aromatic rings. The second-order valence-corrected chi connectivity index (χ2v) is 1.88. The smallest absolute Gasteiger partial charge is 0.313 e. The van der Waals surface area contributed by atoms with E-state index in [1.54, 1.807) is 0 Å². The van der Waals surface area contributed by atoms with Crippen molar-refractivity contribution in [2.75, 3.05) is 0 Å². The molecule has 0 unspecified atom stereocenters. The number of oxazole rings is 1. The molecule has 0 bridgehead atoms. The van der Waals surface area contributed by atoms with E-state index in [1.807, 2.05) is 0 Å². The molecule has 0 saturated carbocycles. The number of aromatic nitrogens is 1. The van der Waals surface area contributed by atoms with Gasteiger partial charge in [0.1, 0.15) is 6.26 Å². The van der Waals surface area contributed by atoms with Crippen molar-refractivity contribution in [3.05, 3.63) is 17.8 Å². The van der Waals surface area contributed by atoms with E-state index >= 15 is 0 Å². The van der Waals surface area contributed by atoms with Crippen LogP contribution in [0.1, 0.15) is 18.0 Å². The summed E-state index contributed by atoms with van der Waals surface area (Å²) in [7, 11) is 0. The summed E-state index contributed by atoms with van der Waals surface area (Å²) < 4.78 is 27.8. The average molecular weight is 168 g/mol. The first kappa shape index (κ1) is 7.47. The van der Waals surface area contributed by atoms with E-state index in [0.717, 1.165) is 6.26 Å². The first-order valence-corrected chi connectivity index (χ1v) is 3.06. The second-order valence-electron chi connectivity index (χ2n) is 1.61. The Morgan fingerprint density at radius 2 is 2.40 bits per heavy atom. The summed E-state index contributed by atoms with van der Waals surface area (Å²) in [5.74, 6) is -0.480. The highest BCUT2D eigenvalue weighted by molar-refractivity contribution is 6.16. The fourth-order valence-corrected chi connectivity index (χ4v) is 0.607. The van der Waals surface area contributed by atoms with Crippen LogP contribution in [-0.4, -0.2) is 4.98 Å². The van der Waals surface area contributed by atoms with Gasteiger partial charge in [0.05, 0.1) is 11.6 Å². The fourth-order valence-electron chi connectivity index (χ4n) is 0.484. The number of nitrogens with zero attached hydrogens (tertiary/aromatic N) is 1. The summed E-state index contributed by atoms with van der Waals surface area (Å²) in [6.45, 7) is 0. The molecular weight excluding hydrogens is 164 g/mol. The molecule has 0 N–H and O–H groups in total. The second kappa shape index (κ2) is 2.96. The number of hydrogen-bond acceptors (Lipinski definition) is 2. The van der Waals surface area contributed by atoms with E-state index in [-0.39, 0.29) is 5.88 Å². The van der Waals surface area contributed by atoms with E-state index in [1.165, 1.54) is 0 Å². The minimum atomic E-state index is -2.66. The molecule has 0 saturated heterocycles. The Bertz CT molecular complexity index is 213. The lowest BCUT2D eigenvalue weighted by Gasteiger charge is -1.86. The van der Waals surface area contributed by atoms with Crippen LogP contribution in [0, 0.1) is 0 Å². The molecule has 5 heteroatoms. The van der Waals surface area contributed by atoms with Crippen molar-refractivity contribution in [2.24, 2.45) is 0 Å². The van der Waals surface area contributed by atoms with Gasteiger partial charge in [0.25, 0.3) is 5.89 Å². The quantitative estimate of drug-likeness (QED) is 0.632. The maximum atomic E-state index is 11.7. The largest absolute Gasteiger partial charge is 0.444 e. The van der Waals surface area contributed by atoms with Crippen molar-refractivity contribution in [1.29, 1.82) is 0 Å². The third kappa shape index (κ3) is 1.44. The highest BCUT2D eigenvalue weighted by Crippen LogP contribution is 2.17. The van der Waals surface area contributed by atoms with Gasteiger partial charge in [-0.2, -0.15) is 8.78 Å². The van der Waals surface area contributed by atoms with Gasteiger partial charge in [-0.3, -0.25) is 0 Å². The standard InChI is InChI=1S/C5H4ClF2NO/c6-1-3-2-10-5(9-3)4(7)8/h2,4H,1H2. The Morgan fingerprint density at radius 3 is 2.70 bits per heavy atom. The van der Waals surface area contributed by atoms with Gasteiger partial charge in [-0.25, -0.2) is 4.98 Å². The Balaban J connectivity index is 2.78. The molecule has 2 nitrogen and oxygen atoms in total. The van der Waals surface area contributed by atoms with Crippen molar-refractivity contribution in [3.8, 4) is 0 Å². The van der Waals surface area contributed by atoms with Gasteiger partial charge >= 0.3 is 6.43 Å². The first-order chi connectivity index (χ1) is 4.74. The van der Waals surface area contributed by atoms with Gasteiger partial charge in [0.15, 0.2) is 0 Å². The highest BCUT2D eigenvalue weighted by atomic mass is 35.5. The van der Waals surface area contributed by atoms with Crippen molar-refractivity contribution < 1.29 is 13.2 Å². The van der Waals surface area contributed by atoms with Gasteiger partial charge in [0, 0.05) is 0 Å². The van der Waals surface area contributed by atoms with E-state index in [9.17, 15) is 8.78 Å². The first-order valence-electron chi connectivity index (χ1n) is 2.52. The van der Waals surface area contributed by atoms with Gasteiger partial charge in [-0.05, 0) is 0 Å². The van der Waals surface area contributed by atoms with E-state index in [0.29, 0.717) is 5.69 Å². The Kier molecular flexibility index (Phi) is 2.21. The molecule has 0 aliphatic carbocycles. The monoisotopic (exact) mass is 167 g/mol. The van der Waals surface area contributed by atoms with Crippen molar-refractivity contribution in [1.82, 2.24) is 4.98 Å². The van der Waals surface area contributed by atoms with Crippen LogP contribution in [0.3, 0.4) is 0 Å².